The molecule has 6 nitrogen and oxygen atoms in total. The first kappa shape index (κ1) is 15.5. The second kappa shape index (κ2) is 7.24. The topological polar surface area (TPSA) is 70.2 Å². The molecular formula is C16H26N4O2. The van der Waals surface area contributed by atoms with E-state index in [2.05, 4.69) is 27.3 Å². The molecule has 3 rings (SSSR count). The van der Waals surface area contributed by atoms with Crippen molar-refractivity contribution < 1.29 is 9.53 Å². The Labute approximate surface area is 131 Å². The van der Waals surface area contributed by atoms with Crippen LogP contribution in [0.4, 0.5) is 0 Å². The van der Waals surface area contributed by atoms with Crippen molar-refractivity contribution in [1.82, 2.24) is 20.4 Å². The van der Waals surface area contributed by atoms with Crippen LogP contribution in [-0.4, -0.2) is 59.9 Å². The van der Waals surface area contributed by atoms with E-state index in [0.717, 1.165) is 45.4 Å². The van der Waals surface area contributed by atoms with Gasteiger partial charge in [-0.25, -0.2) is 0 Å². The van der Waals surface area contributed by atoms with E-state index in [1.807, 2.05) is 6.20 Å². The summed E-state index contributed by atoms with van der Waals surface area (Å²) < 4.78 is 5.52. The first-order valence-electron chi connectivity index (χ1n) is 8.33. The summed E-state index contributed by atoms with van der Waals surface area (Å²) in [6.07, 6.45) is 6.46. The number of carbonyl (C=O) groups excluding carboxylic acids is 1. The van der Waals surface area contributed by atoms with Gasteiger partial charge in [-0.3, -0.25) is 14.8 Å². The highest BCUT2D eigenvalue weighted by atomic mass is 16.5. The molecule has 0 spiro atoms. The third-order valence-corrected chi connectivity index (χ3v) is 4.78. The van der Waals surface area contributed by atoms with Gasteiger partial charge in [0.25, 0.3) is 0 Å². The number of ether oxygens (including phenoxy) is 1. The minimum Gasteiger partial charge on any atom is -0.376 e. The van der Waals surface area contributed by atoms with Gasteiger partial charge in [0, 0.05) is 24.8 Å². The van der Waals surface area contributed by atoms with E-state index in [1.54, 1.807) is 0 Å². The molecule has 2 saturated heterocycles. The lowest BCUT2D eigenvalue weighted by atomic mass is 9.92. The van der Waals surface area contributed by atoms with E-state index >= 15 is 0 Å². The van der Waals surface area contributed by atoms with Gasteiger partial charge in [0.2, 0.25) is 5.91 Å². The lowest BCUT2D eigenvalue weighted by molar-refractivity contribution is -0.123. The SMILES string of the molecule is Cc1cn[nH]c1C1CCN(CC(=O)NC[C@@H]2CCCO2)CC1. The zero-order valence-electron chi connectivity index (χ0n) is 13.3. The molecule has 122 valence electrons. The highest BCUT2D eigenvalue weighted by Gasteiger charge is 2.24. The van der Waals surface area contributed by atoms with Crippen LogP contribution in [0.3, 0.4) is 0 Å². The number of hydrogen-bond donors (Lipinski definition) is 2. The molecule has 1 atom stereocenters. The third kappa shape index (κ3) is 3.87. The lowest BCUT2D eigenvalue weighted by Crippen LogP contribution is -2.43. The summed E-state index contributed by atoms with van der Waals surface area (Å²) in [6, 6.07) is 0. The number of nitrogens with one attached hydrogen (secondary N) is 2. The quantitative estimate of drug-likeness (QED) is 0.857. The van der Waals surface area contributed by atoms with Gasteiger partial charge in [-0.15, -0.1) is 0 Å². The zero-order chi connectivity index (χ0) is 15.4. The predicted octanol–water partition coefficient (Wildman–Crippen LogP) is 1.19. The Hall–Kier alpha value is -1.40. The average molecular weight is 306 g/mol. The number of hydrogen-bond acceptors (Lipinski definition) is 4. The van der Waals surface area contributed by atoms with Crippen LogP contribution in [0.25, 0.3) is 0 Å². The van der Waals surface area contributed by atoms with Crippen molar-refractivity contribution >= 4 is 5.91 Å². The Balaban J connectivity index is 1.38. The maximum Gasteiger partial charge on any atom is 0.234 e. The highest BCUT2D eigenvalue weighted by molar-refractivity contribution is 5.78. The van der Waals surface area contributed by atoms with Gasteiger partial charge in [-0.2, -0.15) is 5.10 Å². The Bertz CT molecular complexity index is 488. The molecule has 1 aromatic heterocycles. The maximum absolute atomic E-state index is 12.0. The number of aromatic nitrogens is 2. The summed E-state index contributed by atoms with van der Waals surface area (Å²) in [6.45, 7) is 6.03. The van der Waals surface area contributed by atoms with Crippen LogP contribution in [0, 0.1) is 6.92 Å². The van der Waals surface area contributed by atoms with E-state index in [1.165, 1.54) is 11.3 Å². The number of aryl methyl sites for hydroxylation is 1. The number of likely N-dealkylation sites (tertiary alicyclic amines) is 1. The van der Waals surface area contributed by atoms with Crippen LogP contribution in [0.1, 0.15) is 42.9 Å². The van der Waals surface area contributed by atoms with Crippen molar-refractivity contribution in [2.45, 2.75) is 44.6 Å². The van der Waals surface area contributed by atoms with Crippen LogP contribution in [0.5, 0.6) is 0 Å². The minimum atomic E-state index is 0.117. The van der Waals surface area contributed by atoms with Gasteiger partial charge in [-0.1, -0.05) is 0 Å². The fourth-order valence-corrected chi connectivity index (χ4v) is 3.44. The average Bonchev–Trinajstić information content (AvgIpc) is 3.17. The van der Waals surface area contributed by atoms with E-state index < -0.39 is 0 Å². The normalized spacial score (nSPS) is 23.8. The molecule has 22 heavy (non-hydrogen) atoms. The molecule has 2 fully saturated rings. The van der Waals surface area contributed by atoms with E-state index in [9.17, 15) is 4.79 Å². The second-order valence-electron chi connectivity index (χ2n) is 6.46. The highest BCUT2D eigenvalue weighted by Crippen LogP contribution is 2.28. The van der Waals surface area contributed by atoms with Crippen LogP contribution >= 0.6 is 0 Å². The minimum absolute atomic E-state index is 0.117. The smallest absolute Gasteiger partial charge is 0.234 e. The molecule has 0 aliphatic carbocycles. The molecule has 1 amide bonds. The molecule has 6 heteroatoms. The molecule has 1 aromatic rings. The van der Waals surface area contributed by atoms with Crippen molar-refractivity contribution in [3.8, 4) is 0 Å². The summed E-state index contributed by atoms with van der Waals surface area (Å²) in [5.74, 6) is 0.667. The van der Waals surface area contributed by atoms with Crippen molar-refractivity contribution in [3.05, 3.63) is 17.5 Å². The van der Waals surface area contributed by atoms with E-state index in [-0.39, 0.29) is 12.0 Å². The van der Waals surface area contributed by atoms with Crippen LogP contribution in [0.15, 0.2) is 6.20 Å². The van der Waals surface area contributed by atoms with Crippen molar-refractivity contribution in [1.29, 1.82) is 0 Å². The first-order chi connectivity index (χ1) is 10.7. The summed E-state index contributed by atoms with van der Waals surface area (Å²) in [4.78, 5) is 14.3. The van der Waals surface area contributed by atoms with Crippen molar-refractivity contribution in [3.63, 3.8) is 0 Å². The molecule has 2 aliphatic heterocycles. The van der Waals surface area contributed by atoms with Gasteiger partial charge in [-0.05, 0) is 51.3 Å². The van der Waals surface area contributed by atoms with Gasteiger partial charge in [0.1, 0.15) is 0 Å². The zero-order valence-corrected chi connectivity index (χ0v) is 13.3. The Morgan fingerprint density at radius 3 is 2.91 bits per heavy atom. The van der Waals surface area contributed by atoms with Crippen LogP contribution in [-0.2, 0) is 9.53 Å². The number of H-pyrrole nitrogens is 1. The van der Waals surface area contributed by atoms with Crippen LogP contribution in [0.2, 0.25) is 0 Å². The summed E-state index contributed by atoms with van der Waals surface area (Å²) in [5, 5.41) is 10.2. The number of nitrogens with zero attached hydrogens (tertiary/aromatic N) is 2. The largest absolute Gasteiger partial charge is 0.376 e. The molecule has 0 aromatic carbocycles. The lowest BCUT2D eigenvalue weighted by Gasteiger charge is -2.31. The third-order valence-electron chi connectivity index (χ3n) is 4.78. The first-order valence-corrected chi connectivity index (χ1v) is 8.33. The summed E-state index contributed by atoms with van der Waals surface area (Å²) >= 11 is 0. The van der Waals surface area contributed by atoms with Gasteiger partial charge in [0.15, 0.2) is 0 Å². The molecule has 0 bridgehead atoms. The second-order valence-corrected chi connectivity index (χ2v) is 6.46. The molecular weight excluding hydrogens is 280 g/mol. The van der Waals surface area contributed by atoms with Crippen molar-refractivity contribution in [2.24, 2.45) is 0 Å². The molecule has 2 N–H and O–H groups in total. The van der Waals surface area contributed by atoms with Crippen LogP contribution < -0.4 is 5.32 Å². The number of rotatable bonds is 5. The van der Waals surface area contributed by atoms with Gasteiger partial charge in [0.05, 0.1) is 18.8 Å². The summed E-state index contributed by atoms with van der Waals surface area (Å²) in [5.41, 5.74) is 2.51. The molecule has 3 heterocycles. The Morgan fingerprint density at radius 1 is 1.45 bits per heavy atom. The molecule has 0 radical (unpaired) electrons. The number of amides is 1. The molecule has 0 saturated carbocycles. The Morgan fingerprint density at radius 2 is 2.27 bits per heavy atom. The number of piperidine rings is 1. The maximum atomic E-state index is 12.0. The number of aromatic amines is 1. The van der Waals surface area contributed by atoms with E-state index in [0.29, 0.717) is 19.0 Å². The fourth-order valence-electron chi connectivity index (χ4n) is 3.44. The standard InChI is InChI=1S/C16H26N4O2/c1-12-9-18-19-16(12)13-4-6-20(7-5-13)11-15(21)17-10-14-3-2-8-22-14/h9,13-14H,2-8,10-11H2,1H3,(H,17,21)(H,18,19)/t14-/m0/s1. The Kier molecular flexibility index (Phi) is 5.10. The predicted molar refractivity (Wildman–Crippen MR) is 83.7 cm³/mol. The van der Waals surface area contributed by atoms with Gasteiger partial charge >= 0.3 is 0 Å². The summed E-state index contributed by atoms with van der Waals surface area (Å²) in [7, 11) is 0. The fraction of sp³-hybridized carbons (Fsp3) is 0.750. The molecule has 2 aliphatic rings. The molecule has 0 unspecified atom stereocenters. The van der Waals surface area contributed by atoms with E-state index in [4.69, 9.17) is 4.74 Å². The van der Waals surface area contributed by atoms with Crippen molar-refractivity contribution in [2.75, 3.05) is 32.8 Å². The number of carbonyl (C=O) groups is 1. The monoisotopic (exact) mass is 306 g/mol. The van der Waals surface area contributed by atoms with Gasteiger partial charge < -0.3 is 10.1 Å².